The van der Waals surface area contributed by atoms with E-state index in [0.717, 1.165) is 30.4 Å². The Hall–Kier alpha value is -2.57. The van der Waals surface area contributed by atoms with Crippen molar-refractivity contribution in [1.29, 1.82) is 0 Å². The van der Waals surface area contributed by atoms with Crippen LogP contribution >= 0.6 is 0 Å². The number of ether oxygens (including phenoxy) is 1. The molecule has 1 unspecified atom stereocenters. The van der Waals surface area contributed by atoms with Crippen molar-refractivity contribution in [3.8, 4) is 0 Å². The van der Waals surface area contributed by atoms with Crippen LogP contribution in [0.3, 0.4) is 0 Å². The summed E-state index contributed by atoms with van der Waals surface area (Å²) < 4.78 is 5.24. The summed E-state index contributed by atoms with van der Waals surface area (Å²) in [5, 5.41) is 5.56. The van der Waals surface area contributed by atoms with Crippen LogP contribution in [0.5, 0.6) is 0 Å². The largest absolute Gasteiger partial charge is 0.444 e. The molecule has 0 saturated heterocycles. The van der Waals surface area contributed by atoms with Gasteiger partial charge < -0.3 is 20.3 Å². The number of carbonyl (C=O) groups is 3. The molecule has 1 aromatic rings. The van der Waals surface area contributed by atoms with Gasteiger partial charge in [-0.25, -0.2) is 4.79 Å². The van der Waals surface area contributed by atoms with Gasteiger partial charge in [0.25, 0.3) is 0 Å². The van der Waals surface area contributed by atoms with Gasteiger partial charge >= 0.3 is 6.09 Å². The molecule has 0 aliphatic heterocycles. The number of carbonyl (C=O) groups excluding carboxylic acids is 3. The number of nitrogens with zero attached hydrogens (tertiary/aromatic N) is 1. The number of hydrogen-bond donors (Lipinski definition) is 2. The van der Waals surface area contributed by atoms with E-state index in [1.165, 1.54) is 0 Å². The van der Waals surface area contributed by atoms with Crippen molar-refractivity contribution in [2.45, 2.75) is 91.8 Å². The highest BCUT2D eigenvalue weighted by Gasteiger charge is 2.34. The normalized spacial score (nSPS) is 12.6. The van der Waals surface area contributed by atoms with Gasteiger partial charge in [0.05, 0.1) is 0 Å². The van der Waals surface area contributed by atoms with Gasteiger partial charge in [-0.3, -0.25) is 9.59 Å². The quantitative estimate of drug-likeness (QED) is 0.546. The van der Waals surface area contributed by atoms with Gasteiger partial charge in [-0.15, -0.1) is 0 Å². The zero-order chi connectivity index (χ0) is 24.5. The Bertz CT molecular complexity index is 778. The van der Waals surface area contributed by atoms with Crippen LogP contribution in [0.15, 0.2) is 24.3 Å². The fourth-order valence-corrected chi connectivity index (χ4v) is 3.28. The van der Waals surface area contributed by atoms with E-state index in [9.17, 15) is 14.4 Å². The van der Waals surface area contributed by atoms with E-state index in [1.807, 2.05) is 52.0 Å². The number of aryl methyl sites for hydroxylation is 1. The first kappa shape index (κ1) is 27.5. The summed E-state index contributed by atoms with van der Waals surface area (Å²) in [6.07, 6.45) is 2.03. The number of unbranched alkanes of at least 4 members (excludes halogenated alkanes) is 2. The lowest BCUT2D eigenvalue weighted by Crippen LogP contribution is -2.51. The minimum Gasteiger partial charge on any atom is -0.444 e. The van der Waals surface area contributed by atoms with Crippen LogP contribution in [0.4, 0.5) is 4.79 Å². The molecule has 7 heteroatoms. The number of rotatable bonds is 9. The predicted molar refractivity (Wildman–Crippen MR) is 127 cm³/mol. The van der Waals surface area contributed by atoms with Crippen molar-refractivity contribution in [2.75, 3.05) is 13.1 Å². The Balaban J connectivity index is 3.23. The van der Waals surface area contributed by atoms with Crippen molar-refractivity contribution in [3.63, 3.8) is 0 Å². The summed E-state index contributed by atoms with van der Waals surface area (Å²) in [5.74, 6) is -0.571. The van der Waals surface area contributed by atoms with Crippen molar-refractivity contribution in [2.24, 2.45) is 0 Å². The highest BCUT2D eigenvalue weighted by atomic mass is 16.6. The van der Waals surface area contributed by atoms with E-state index >= 15 is 0 Å². The third-order valence-corrected chi connectivity index (χ3v) is 4.65. The van der Waals surface area contributed by atoms with E-state index in [0.29, 0.717) is 6.54 Å². The number of nitrogens with one attached hydrogen (secondary N) is 2. The number of alkyl carbamates (subject to hydrolysis) is 1. The molecular formula is C25H41N3O4. The van der Waals surface area contributed by atoms with Crippen molar-refractivity contribution >= 4 is 17.9 Å². The maximum absolute atomic E-state index is 13.4. The molecule has 0 aliphatic carbocycles. The van der Waals surface area contributed by atoms with Crippen molar-refractivity contribution in [3.05, 3.63) is 35.4 Å². The molecule has 0 saturated carbocycles. The van der Waals surface area contributed by atoms with E-state index in [4.69, 9.17) is 4.74 Å². The molecule has 1 aromatic carbocycles. The predicted octanol–water partition coefficient (Wildman–Crippen LogP) is 4.49. The first-order valence-electron chi connectivity index (χ1n) is 11.4. The standard InChI is InChI=1S/C25H41N3O4/c1-9-10-13-16-28(20(29)17-26-23(31)32-25(6,7)8)21(22(30)27-24(3,4)5)19-15-12-11-14-18(19)2/h11-12,14-15,21H,9-10,13,16-17H2,1-8H3,(H,26,31)(H,27,30). The third-order valence-electron chi connectivity index (χ3n) is 4.65. The van der Waals surface area contributed by atoms with Gasteiger partial charge in [-0.1, -0.05) is 44.0 Å². The minimum atomic E-state index is -0.791. The topological polar surface area (TPSA) is 87.7 Å². The average Bonchev–Trinajstić information content (AvgIpc) is 2.64. The Morgan fingerprint density at radius 3 is 2.19 bits per heavy atom. The number of benzene rings is 1. The van der Waals surface area contributed by atoms with Crippen LogP contribution in [-0.4, -0.2) is 47.0 Å². The highest BCUT2D eigenvalue weighted by molar-refractivity contribution is 5.91. The highest BCUT2D eigenvalue weighted by Crippen LogP contribution is 2.26. The zero-order valence-electron chi connectivity index (χ0n) is 21.0. The third kappa shape index (κ3) is 9.71. The molecule has 2 N–H and O–H groups in total. The summed E-state index contributed by atoms with van der Waals surface area (Å²) >= 11 is 0. The molecule has 0 spiro atoms. The SMILES string of the molecule is CCCCCN(C(=O)CNC(=O)OC(C)(C)C)C(C(=O)NC(C)(C)C)c1ccccc1C. The Morgan fingerprint density at radius 1 is 1.03 bits per heavy atom. The zero-order valence-corrected chi connectivity index (χ0v) is 21.0. The van der Waals surface area contributed by atoms with Crippen LogP contribution < -0.4 is 10.6 Å². The van der Waals surface area contributed by atoms with E-state index < -0.39 is 23.3 Å². The lowest BCUT2D eigenvalue weighted by molar-refractivity contribution is -0.141. The first-order chi connectivity index (χ1) is 14.7. The van der Waals surface area contributed by atoms with Gasteiger partial charge in [0.15, 0.2) is 0 Å². The van der Waals surface area contributed by atoms with Gasteiger partial charge in [-0.2, -0.15) is 0 Å². The van der Waals surface area contributed by atoms with Gasteiger partial charge in [0.2, 0.25) is 11.8 Å². The Labute approximate surface area is 193 Å². The Kier molecular flexibility index (Phi) is 10.2. The molecule has 0 fully saturated rings. The summed E-state index contributed by atoms with van der Waals surface area (Å²) in [6, 6.07) is 6.79. The van der Waals surface area contributed by atoms with Gasteiger partial charge in [0.1, 0.15) is 18.2 Å². The lowest BCUT2D eigenvalue weighted by atomic mass is 9.97. The molecule has 1 atom stereocenters. The Morgan fingerprint density at radius 2 is 1.66 bits per heavy atom. The van der Waals surface area contributed by atoms with E-state index in [-0.39, 0.29) is 18.4 Å². The fraction of sp³-hybridized carbons (Fsp3) is 0.640. The minimum absolute atomic E-state index is 0.242. The van der Waals surface area contributed by atoms with Crippen LogP contribution in [0.2, 0.25) is 0 Å². The maximum Gasteiger partial charge on any atom is 0.408 e. The van der Waals surface area contributed by atoms with Gasteiger partial charge in [0, 0.05) is 12.1 Å². The second-order valence-electron chi connectivity index (χ2n) is 10.1. The number of amides is 3. The van der Waals surface area contributed by atoms with Crippen LogP contribution in [-0.2, 0) is 14.3 Å². The summed E-state index contributed by atoms with van der Waals surface area (Å²) in [6.45, 7) is 15.2. The van der Waals surface area contributed by atoms with Crippen LogP contribution in [0.1, 0.15) is 84.9 Å². The van der Waals surface area contributed by atoms with Gasteiger partial charge in [-0.05, 0) is 66.0 Å². The second kappa shape index (κ2) is 11.9. The molecule has 32 heavy (non-hydrogen) atoms. The molecule has 180 valence electrons. The molecule has 7 nitrogen and oxygen atoms in total. The number of hydrogen-bond acceptors (Lipinski definition) is 4. The molecule has 1 rings (SSSR count). The maximum atomic E-state index is 13.4. The molecule has 0 aromatic heterocycles. The van der Waals surface area contributed by atoms with Crippen molar-refractivity contribution < 1.29 is 19.1 Å². The first-order valence-corrected chi connectivity index (χ1v) is 11.4. The summed E-state index contributed by atoms with van der Waals surface area (Å²) in [5.41, 5.74) is 0.584. The molecule has 0 bridgehead atoms. The van der Waals surface area contributed by atoms with Crippen LogP contribution in [0, 0.1) is 6.92 Å². The summed E-state index contributed by atoms with van der Waals surface area (Å²) in [4.78, 5) is 40.3. The molecule has 0 heterocycles. The molecular weight excluding hydrogens is 406 g/mol. The van der Waals surface area contributed by atoms with E-state index in [2.05, 4.69) is 17.6 Å². The lowest BCUT2D eigenvalue weighted by Gasteiger charge is -2.34. The van der Waals surface area contributed by atoms with Crippen molar-refractivity contribution in [1.82, 2.24) is 15.5 Å². The van der Waals surface area contributed by atoms with Crippen LogP contribution in [0.25, 0.3) is 0 Å². The fourth-order valence-electron chi connectivity index (χ4n) is 3.28. The molecule has 0 radical (unpaired) electrons. The molecule has 3 amide bonds. The average molecular weight is 448 g/mol. The summed E-state index contributed by atoms with van der Waals surface area (Å²) in [7, 11) is 0. The molecule has 0 aliphatic rings. The smallest absolute Gasteiger partial charge is 0.408 e. The second-order valence-corrected chi connectivity index (χ2v) is 10.1. The van der Waals surface area contributed by atoms with E-state index in [1.54, 1.807) is 25.7 Å². The monoisotopic (exact) mass is 447 g/mol.